The lowest BCUT2D eigenvalue weighted by Crippen LogP contribution is -2.18. The smallest absolute Gasteiger partial charge is 0.224 e. The predicted molar refractivity (Wildman–Crippen MR) is 109 cm³/mol. The van der Waals surface area contributed by atoms with Gasteiger partial charge >= 0.3 is 0 Å². The van der Waals surface area contributed by atoms with Gasteiger partial charge in [-0.25, -0.2) is 8.42 Å². The highest BCUT2D eigenvalue weighted by atomic mass is 32.2. The number of anilines is 1. The summed E-state index contributed by atoms with van der Waals surface area (Å²) in [7, 11) is -3.25. The molecule has 0 bridgehead atoms. The topological polar surface area (TPSA) is 63.2 Å². The van der Waals surface area contributed by atoms with Crippen LogP contribution in [0.25, 0.3) is 0 Å². The highest BCUT2D eigenvalue weighted by molar-refractivity contribution is 7.92. The third kappa shape index (κ3) is 4.98. The first-order valence-corrected chi connectivity index (χ1v) is 11.3. The Morgan fingerprint density at radius 2 is 1.56 bits per heavy atom. The highest BCUT2D eigenvalue weighted by Gasteiger charge is 2.30. The summed E-state index contributed by atoms with van der Waals surface area (Å²) in [6.45, 7) is 2.12. The Labute approximate surface area is 161 Å². The average molecular weight is 386 g/mol. The van der Waals surface area contributed by atoms with Crippen LogP contribution in [0.15, 0.2) is 53.4 Å². The second-order valence-corrected chi connectivity index (χ2v) is 9.42. The molecule has 3 rings (SSSR count). The SMILES string of the molecule is CCc1ccc(CCC(=O)Nc2ccc(S(=O)(=O)C3CCCC3)cc2)cc1. The molecular formula is C22H27NO3S. The van der Waals surface area contributed by atoms with E-state index in [1.165, 1.54) is 5.56 Å². The van der Waals surface area contributed by atoms with E-state index in [-0.39, 0.29) is 11.2 Å². The summed E-state index contributed by atoms with van der Waals surface area (Å²) < 4.78 is 25.2. The minimum atomic E-state index is -3.25. The maximum absolute atomic E-state index is 12.6. The third-order valence-electron chi connectivity index (χ3n) is 5.28. The summed E-state index contributed by atoms with van der Waals surface area (Å²) >= 11 is 0. The summed E-state index contributed by atoms with van der Waals surface area (Å²) in [5.41, 5.74) is 3.06. The molecule has 1 amide bonds. The molecule has 2 aromatic rings. The molecule has 1 aliphatic carbocycles. The fourth-order valence-electron chi connectivity index (χ4n) is 3.54. The van der Waals surface area contributed by atoms with Crippen molar-refractivity contribution in [1.29, 1.82) is 0 Å². The molecule has 1 fully saturated rings. The number of benzene rings is 2. The lowest BCUT2D eigenvalue weighted by atomic mass is 10.1. The van der Waals surface area contributed by atoms with Crippen molar-refractivity contribution in [2.24, 2.45) is 0 Å². The van der Waals surface area contributed by atoms with Gasteiger partial charge in [-0.3, -0.25) is 4.79 Å². The molecular weight excluding hydrogens is 358 g/mol. The number of aryl methyl sites for hydroxylation is 2. The number of rotatable bonds is 7. The van der Waals surface area contributed by atoms with Gasteiger partial charge in [-0.1, -0.05) is 44.0 Å². The third-order valence-corrected chi connectivity index (χ3v) is 7.56. The molecule has 1 aliphatic rings. The van der Waals surface area contributed by atoms with Crippen molar-refractivity contribution in [3.8, 4) is 0 Å². The summed E-state index contributed by atoms with van der Waals surface area (Å²) in [4.78, 5) is 12.5. The zero-order chi connectivity index (χ0) is 19.3. The van der Waals surface area contributed by atoms with Gasteiger partial charge in [-0.2, -0.15) is 0 Å². The minimum absolute atomic E-state index is 0.0685. The van der Waals surface area contributed by atoms with Crippen LogP contribution in [-0.4, -0.2) is 19.6 Å². The van der Waals surface area contributed by atoms with Gasteiger partial charge < -0.3 is 5.32 Å². The van der Waals surface area contributed by atoms with E-state index in [1.807, 2.05) is 0 Å². The predicted octanol–water partition coefficient (Wildman–Crippen LogP) is 4.54. The van der Waals surface area contributed by atoms with E-state index in [0.717, 1.165) is 37.7 Å². The fraction of sp³-hybridized carbons (Fsp3) is 0.409. The number of hydrogen-bond donors (Lipinski definition) is 1. The minimum Gasteiger partial charge on any atom is -0.326 e. The van der Waals surface area contributed by atoms with Crippen LogP contribution in [0.4, 0.5) is 5.69 Å². The largest absolute Gasteiger partial charge is 0.326 e. The number of sulfone groups is 1. The van der Waals surface area contributed by atoms with E-state index in [2.05, 4.69) is 36.5 Å². The fourth-order valence-corrected chi connectivity index (χ4v) is 5.40. The van der Waals surface area contributed by atoms with E-state index in [0.29, 0.717) is 23.4 Å². The molecule has 5 heteroatoms. The van der Waals surface area contributed by atoms with Gasteiger partial charge in [0.05, 0.1) is 10.1 Å². The second-order valence-electron chi connectivity index (χ2n) is 7.19. The van der Waals surface area contributed by atoms with Crippen LogP contribution >= 0.6 is 0 Å². The average Bonchev–Trinajstić information content (AvgIpc) is 3.23. The standard InChI is InChI=1S/C22H27NO3S/c1-2-17-7-9-18(10-8-17)11-16-22(24)23-19-12-14-21(15-13-19)27(25,26)20-5-3-4-6-20/h7-10,12-15,20H,2-6,11,16H2,1H3,(H,23,24). The van der Waals surface area contributed by atoms with Crippen LogP contribution in [0.3, 0.4) is 0 Å². The maximum atomic E-state index is 12.6. The normalized spacial score (nSPS) is 15.0. The van der Waals surface area contributed by atoms with E-state index < -0.39 is 9.84 Å². The molecule has 0 spiro atoms. The molecule has 1 saturated carbocycles. The monoisotopic (exact) mass is 385 g/mol. The number of hydrogen-bond acceptors (Lipinski definition) is 3. The van der Waals surface area contributed by atoms with Crippen LogP contribution in [-0.2, 0) is 27.5 Å². The molecule has 0 unspecified atom stereocenters. The molecule has 2 aromatic carbocycles. The van der Waals surface area contributed by atoms with Crippen LogP contribution in [0.5, 0.6) is 0 Å². The van der Waals surface area contributed by atoms with Gasteiger partial charge in [0.1, 0.15) is 0 Å². The van der Waals surface area contributed by atoms with Crippen molar-refractivity contribution < 1.29 is 13.2 Å². The molecule has 0 heterocycles. The number of nitrogens with one attached hydrogen (secondary N) is 1. The van der Waals surface area contributed by atoms with Gasteiger partial charge in [0.2, 0.25) is 5.91 Å². The molecule has 0 atom stereocenters. The van der Waals surface area contributed by atoms with Gasteiger partial charge in [-0.15, -0.1) is 0 Å². The zero-order valence-corrected chi connectivity index (χ0v) is 16.6. The first-order valence-electron chi connectivity index (χ1n) is 9.70. The quantitative estimate of drug-likeness (QED) is 0.761. The van der Waals surface area contributed by atoms with Crippen LogP contribution in [0.2, 0.25) is 0 Å². The van der Waals surface area contributed by atoms with E-state index in [9.17, 15) is 13.2 Å². The number of amides is 1. The maximum Gasteiger partial charge on any atom is 0.224 e. The first-order chi connectivity index (χ1) is 13.0. The Bertz CT molecular complexity index is 865. The molecule has 27 heavy (non-hydrogen) atoms. The Morgan fingerprint density at radius 3 is 2.15 bits per heavy atom. The van der Waals surface area contributed by atoms with Crippen LogP contribution in [0.1, 0.15) is 50.2 Å². The lowest BCUT2D eigenvalue weighted by molar-refractivity contribution is -0.116. The Morgan fingerprint density at radius 1 is 0.963 bits per heavy atom. The van der Waals surface area contributed by atoms with Gasteiger partial charge in [0.15, 0.2) is 9.84 Å². The van der Waals surface area contributed by atoms with E-state index in [1.54, 1.807) is 24.3 Å². The highest BCUT2D eigenvalue weighted by Crippen LogP contribution is 2.30. The Kier molecular flexibility index (Phi) is 6.32. The van der Waals surface area contributed by atoms with Crippen molar-refractivity contribution in [2.45, 2.75) is 62.0 Å². The molecule has 0 radical (unpaired) electrons. The molecule has 0 saturated heterocycles. The Balaban J connectivity index is 1.55. The van der Waals surface area contributed by atoms with Crippen molar-refractivity contribution in [3.63, 3.8) is 0 Å². The summed E-state index contributed by atoms with van der Waals surface area (Å²) in [6.07, 6.45) is 5.56. The van der Waals surface area contributed by atoms with Crippen molar-refractivity contribution in [3.05, 3.63) is 59.7 Å². The molecule has 0 aliphatic heterocycles. The number of carbonyl (C=O) groups is 1. The zero-order valence-electron chi connectivity index (χ0n) is 15.8. The lowest BCUT2D eigenvalue weighted by Gasteiger charge is -2.12. The van der Waals surface area contributed by atoms with Crippen LogP contribution < -0.4 is 5.32 Å². The van der Waals surface area contributed by atoms with E-state index in [4.69, 9.17) is 0 Å². The van der Waals surface area contributed by atoms with Crippen molar-refractivity contribution in [2.75, 3.05) is 5.32 Å². The van der Waals surface area contributed by atoms with Crippen molar-refractivity contribution >= 4 is 21.4 Å². The summed E-state index contributed by atoms with van der Waals surface area (Å²) in [5, 5.41) is 2.60. The van der Waals surface area contributed by atoms with Gasteiger partial charge in [0, 0.05) is 12.1 Å². The summed E-state index contributed by atoms with van der Waals surface area (Å²) in [6, 6.07) is 14.9. The van der Waals surface area contributed by atoms with E-state index >= 15 is 0 Å². The number of carbonyl (C=O) groups excluding carboxylic acids is 1. The molecule has 0 aromatic heterocycles. The van der Waals surface area contributed by atoms with Gasteiger partial charge in [-0.05, 0) is 61.1 Å². The van der Waals surface area contributed by atoms with Crippen molar-refractivity contribution in [1.82, 2.24) is 0 Å². The Hall–Kier alpha value is -2.14. The van der Waals surface area contributed by atoms with Gasteiger partial charge in [0.25, 0.3) is 0 Å². The molecule has 144 valence electrons. The second kappa shape index (κ2) is 8.70. The first kappa shape index (κ1) is 19.6. The summed E-state index contributed by atoms with van der Waals surface area (Å²) in [5.74, 6) is -0.0685. The van der Waals surface area contributed by atoms with Crippen LogP contribution in [0, 0.1) is 0 Å². The molecule has 4 nitrogen and oxygen atoms in total. The molecule has 1 N–H and O–H groups in total.